The molecule has 1 rings (SSSR count). The van der Waals surface area contributed by atoms with Crippen LogP contribution in [0.3, 0.4) is 0 Å². The maximum absolute atomic E-state index is 11.4. The number of rotatable bonds is 8. The standard InChI is InChI=1S/C12H18N2O4/c1-17-8-6-13-12(16)9-14-11(15)5-4-10-3-2-7-18-10/h2-3,7H,4-6,8-9H2,1H3,(H,13,16)(H,14,15). The second kappa shape index (κ2) is 8.30. The molecule has 2 amide bonds. The summed E-state index contributed by atoms with van der Waals surface area (Å²) in [7, 11) is 1.56. The first-order valence-electron chi connectivity index (χ1n) is 5.77. The Morgan fingerprint density at radius 1 is 1.33 bits per heavy atom. The van der Waals surface area contributed by atoms with Gasteiger partial charge in [0.05, 0.1) is 19.4 Å². The first-order chi connectivity index (χ1) is 8.72. The zero-order chi connectivity index (χ0) is 13.2. The highest BCUT2D eigenvalue weighted by Gasteiger charge is 2.06. The first kappa shape index (κ1) is 14.2. The Morgan fingerprint density at radius 2 is 2.17 bits per heavy atom. The van der Waals surface area contributed by atoms with E-state index in [1.165, 1.54) is 0 Å². The second-order valence-corrected chi connectivity index (χ2v) is 3.70. The summed E-state index contributed by atoms with van der Waals surface area (Å²) in [6.45, 7) is 0.885. The molecule has 1 aromatic rings. The maximum atomic E-state index is 11.4. The molecule has 0 spiro atoms. The molecule has 6 heteroatoms. The Bertz CT molecular complexity index is 362. The van der Waals surface area contributed by atoms with Crippen molar-refractivity contribution in [2.24, 2.45) is 0 Å². The molecule has 2 N–H and O–H groups in total. The topological polar surface area (TPSA) is 80.6 Å². The zero-order valence-electron chi connectivity index (χ0n) is 10.4. The van der Waals surface area contributed by atoms with E-state index in [1.54, 1.807) is 19.4 Å². The number of nitrogens with one attached hydrogen (secondary N) is 2. The van der Waals surface area contributed by atoms with Crippen molar-refractivity contribution in [1.82, 2.24) is 10.6 Å². The van der Waals surface area contributed by atoms with Crippen molar-refractivity contribution in [3.05, 3.63) is 24.2 Å². The van der Waals surface area contributed by atoms with Crippen molar-refractivity contribution >= 4 is 11.8 Å². The molecule has 0 unspecified atom stereocenters. The van der Waals surface area contributed by atoms with Gasteiger partial charge >= 0.3 is 0 Å². The van der Waals surface area contributed by atoms with E-state index in [0.717, 1.165) is 5.76 Å². The molecule has 1 aromatic heterocycles. The Morgan fingerprint density at radius 3 is 2.83 bits per heavy atom. The van der Waals surface area contributed by atoms with Gasteiger partial charge in [0.25, 0.3) is 0 Å². The predicted octanol–water partition coefficient (Wildman–Crippen LogP) is 0.0910. The van der Waals surface area contributed by atoms with E-state index in [-0.39, 0.29) is 18.4 Å². The summed E-state index contributed by atoms with van der Waals surface area (Å²) >= 11 is 0. The molecule has 0 aliphatic heterocycles. The Hall–Kier alpha value is -1.82. The molecule has 0 saturated heterocycles. The molecule has 100 valence electrons. The second-order valence-electron chi connectivity index (χ2n) is 3.70. The van der Waals surface area contributed by atoms with Crippen LogP contribution in [0.5, 0.6) is 0 Å². The van der Waals surface area contributed by atoms with Crippen LogP contribution in [0.25, 0.3) is 0 Å². The van der Waals surface area contributed by atoms with E-state index in [9.17, 15) is 9.59 Å². The van der Waals surface area contributed by atoms with Gasteiger partial charge in [-0.2, -0.15) is 0 Å². The highest BCUT2D eigenvalue weighted by Crippen LogP contribution is 2.02. The summed E-state index contributed by atoms with van der Waals surface area (Å²) in [6, 6.07) is 3.58. The average molecular weight is 254 g/mol. The smallest absolute Gasteiger partial charge is 0.239 e. The molecular formula is C12H18N2O4. The van der Waals surface area contributed by atoms with Gasteiger partial charge in [0.15, 0.2) is 0 Å². The highest BCUT2D eigenvalue weighted by molar-refractivity contribution is 5.84. The number of methoxy groups -OCH3 is 1. The number of aryl methyl sites for hydroxylation is 1. The molecular weight excluding hydrogens is 236 g/mol. The average Bonchev–Trinajstić information content (AvgIpc) is 2.87. The third kappa shape index (κ3) is 6.05. The van der Waals surface area contributed by atoms with Crippen molar-refractivity contribution in [2.75, 3.05) is 26.8 Å². The van der Waals surface area contributed by atoms with Gasteiger partial charge in [-0.3, -0.25) is 9.59 Å². The van der Waals surface area contributed by atoms with E-state index >= 15 is 0 Å². The minimum Gasteiger partial charge on any atom is -0.469 e. The number of hydrogen-bond donors (Lipinski definition) is 2. The number of carbonyl (C=O) groups is 2. The molecule has 0 aliphatic carbocycles. The van der Waals surface area contributed by atoms with Crippen molar-refractivity contribution in [2.45, 2.75) is 12.8 Å². The number of amides is 2. The van der Waals surface area contributed by atoms with Crippen molar-refractivity contribution in [1.29, 1.82) is 0 Å². The summed E-state index contributed by atoms with van der Waals surface area (Å²) in [5.74, 6) is 0.362. The lowest BCUT2D eigenvalue weighted by atomic mass is 10.2. The molecule has 0 aromatic carbocycles. The van der Waals surface area contributed by atoms with Crippen LogP contribution in [-0.2, 0) is 20.7 Å². The fourth-order valence-corrected chi connectivity index (χ4v) is 1.31. The van der Waals surface area contributed by atoms with Crippen LogP contribution in [0.4, 0.5) is 0 Å². The Kier molecular flexibility index (Phi) is 6.56. The number of carbonyl (C=O) groups excluding carboxylic acids is 2. The van der Waals surface area contributed by atoms with E-state index < -0.39 is 0 Å². The van der Waals surface area contributed by atoms with Crippen LogP contribution in [0.1, 0.15) is 12.2 Å². The lowest BCUT2D eigenvalue weighted by Gasteiger charge is -2.06. The van der Waals surface area contributed by atoms with Gasteiger partial charge in [-0.15, -0.1) is 0 Å². The lowest BCUT2D eigenvalue weighted by Crippen LogP contribution is -2.38. The quantitative estimate of drug-likeness (QED) is 0.644. The molecule has 18 heavy (non-hydrogen) atoms. The van der Waals surface area contributed by atoms with E-state index in [2.05, 4.69) is 10.6 Å². The van der Waals surface area contributed by atoms with Gasteiger partial charge in [0, 0.05) is 26.5 Å². The van der Waals surface area contributed by atoms with E-state index in [1.807, 2.05) is 6.07 Å². The molecule has 0 fully saturated rings. The van der Waals surface area contributed by atoms with Crippen LogP contribution >= 0.6 is 0 Å². The van der Waals surface area contributed by atoms with Gasteiger partial charge in [0.1, 0.15) is 5.76 Å². The summed E-state index contributed by atoms with van der Waals surface area (Å²) in [4.78, 5) is 22.7. The zero-order valence-corrected chi connectivity index (χ0v) is 10.4. The van der Waals surface area contributed by atoms with Crippen LogP contribution in [0.15, 0.2) is 22.8 Å². The minimum atomic E-state index is -0.224. The molecule has 0 atom stereocenters. The third-order valence-electron chi connectivity index (χ3n) is 2.25. The van der Waals surface area contributed by atoms with Crippen LogP contribution in [0, 0.1) is 0 Å². The highest BCUT2D eigenvalue weighted by atomic mass is 16.5. The normalized spacial score (nSPS) is 10.1. The number of hydrogen-bond acceptors (Lipinski definition) is 4. The fraction of sp³-hybridized carbons (Fsp3) is 0.500. The van der Waals surface area contributed by atoms with Crippen LogP contribution in [0.2, 0.25) is 0 Å². The fourth-order valence-electron chi connectivity index (χ4n) is 1.31. The molecule has 0 radical (unpaired) electrons. The van der Waals surface area contributed by atoms with Gasteiger partial charge in [-0.1, -0.05) is 0 Å². The number of furan rings is 1. The third-order valence-corrected chi connectivity index (χ3v) is 2.25. The van der Waals surface area contributed by atoms with Crippen LogP contribution < -0.4 is 10.6 Å². The summed E-state index contributed by atoms with van der Waals surface area (Å²) in [5.41, 5.74) is 0. The Balaban J connectivity index is 2.07. The first-order valence-corrected chi connectivity index (χ1v) is 5.77. The molecule has 6 nitrogen and oxygen atoms in total. The number of ether oxygens (including phenoxy) is 1. The maximum Gasteiger partial charge on any atom is 0.239 e. The van der Waals surface area contributed by atoms with Crippen molar-refractivity contribution < 1.29 is 18.7 Å². The van der Waals surface area contributed by atoms with Crippen LogP contribution in [-0.4, -0.2) is 38.6 Å². The molecule has 0 aliphatic rings. The van der Waals surface area contributed by atoms with Crippen molar-refractivity contribution in [3.8, 4) is 0 Å². The monoisotopic (exact) mass is 254 g/mol. The summed E-state index contributed by atoms with van der Waals surface area (Å²) < 4.78 is 9.89. The largest absolute Gasteiger partial charge is 0.469 e. The SMILES string of the molecule is COCCNC(=O)CNC(=O)CCc1ccco1. The van der Waals surface area contributed by atoms with E-state index in [4.69, 9.17) is 9.15 Å². The van der Waals surface area contributed by atoms with Crippen molar-refractivity contribution in [3.63, 3.8) is 0 Å². The predicted molar refractivity (Wildman–Crippen MR) is 64.9 cm³/mol. The molecule has 1 heterocycles. The molecule has 0 bridgehead atoms. The summed E-state index contributed by atoms with van der Waals surface area (Å²) in [5, 5.41) is 5.15. The lowest BCUT2D eigenvalue weighted by molar-refractivity contribution is -0.126. The van der Waals surface area contributed by atoms with Gasteiger partial charge in [-0.05, 0) is 12.1 Å². The van der Waals surface area contributed by atoms with Gasteiger partial charge < -0.3 is 19.8 Å². The summed E-state index contributed by atoms with van der Waals surface area (Å²) in [6.07, 6.45) is 2.40. The molecule has 0 saturated carbocycles. The van der Waals surface area contributed by atoms with Gasteiger partial charge in [0.2, 0.25) is 11.8 Å². The Labute approximate surface area is 106 Å². The van der Waals surface area contributed by atoms with E-state index in [0.29, 0.717) is 26.0 Å². The van der Waals surface area contributed by atoms with Gasteiger partial charge in [-0.25, -0.2) is 0 Å². The minimum absolute atomic E-state index is 0.0132.